The maximum atomic E-state index is 15.5. The molecule has 0 unspecified atom stereocenters. The number of aliphatic carboxylic acids is 1. The van der Waals surface area contributed by atoms with Crippen molar-refractivity contribution < 1.29 is 23.5 Å². The predicted molar refractivity (Wildman–Crippen MR) is 149 cm³/mol. The van der Waals surface area contributed by atoms with Crippen molar-refractivity contribution in [3.63, 3.8) is 0 Å². The molecule has 5 rings (SSSR count). The smallest absolute Gasteiger partial charge is 0.328 e. The Hall–Kier alpha value is -4.00. The molecule has 1 amide bonds. The molecule has 202 valence electrons. The van der Waals surface area contributed by atoms with Crippen LogP contribution in [0.3, 0.4) is 0 Å². The molecule has 2 aliphatic carbocycles. The molecule has 1 N–H and O–H groups in total. The molecular weight excluding hydrogens is 498 g/mol. The van der Waals surface area contributed by atoms with Gasteiger partial charge in [-0.1, -0.05) is 30.7 Å². The van der Waals surface area contributed by atoms with Crippen LogP contribution in [0.4, 0.5) is 20.2 Å². The number of amides is 1. The summed E-state index contributed by atoms with van der Waals surface area (Å²) < 4.78 is 30.1. The summed E-state index contributed by atoms with van der Waals surface area (Å²) in [4.78, 5) is 28.3. The van der Waals surface area contributed by atoms with Crippen LogP contribution < -0.4 is 9.80 Å². The molecule has 0 spiro atoms. The third-order valence-electron chi connectivity index (χ3n) is 8.05. The number of hydrogen-bond donors (Lipinski definition) is 1. The molecule has 2 bridgehead atoms. The number of fused-ring (bicyclic) bond motifs is 2. The maximum Gasteiger partial charge on any atom is 0.328 e. The molecule has 2 saturated carbocycles. The molecule has 0 radical (unpaired) electrons. The zero-order valence-corrected chi connectivity index (χ0v) is 22.1. The van der Waals surface area contributed by atoms with Crippen molar-refractivity contribution in [2.75, 3.05) is 23.9 Å². The van der Waals surface area contributed by atoms with Gasteiger partial charge in [0, 0.05) is 43.0 Å². The van der Waals surface area contributed by atoms with Crippen molar-refractivity contribution >= 4 is 29.3 Å². The molecular formula is C32H32F2N2O3. The number of benzene rings is 3. The largest absolute Gasteiger partial charge is 0.478 e. The standard InChI is InChI=1S/C32H32F2N2O3/c1-35(2)27-10-8-22(9-11-27)23-6-7-25(30(34)17-23)19-36(32(39)29-16-20-3-5-24(29)13-20)28-15-21(4-12-31(37)38)14-26(33)18-28/h4,6-12,14-15,17-18,20,24,29H,3,5,13,16,19H2,1-2H3,(H,37,38)/t20-,24+,29-/m1/s1. The summed E-state index contributed by atoms with van der Waals surface area (Å²) in [7, 11) is 3.91. The van der Waals surface area contributed by atoms with Crippen LogP contribution in [0, 0.1) is 29.4 Å². The molecule has 0 saturated heterocycles. The van der Waals surface area contributed by atoms with Gasteiger partial charge in [0.25, 0.3) is 0 Å². The zero-order chi connectivity index (χ0) is 27.7. The van der Waals surface area contributed by atoms with E-state index in [0.717, 1.165) is 48.6 Å². The Kier molecular flexibility index (Phi) is 7.51. The fourth-order valence-electron chi connectivity index (χ4n) is 6.04. The van der Waals surface area contributed by atoms with E-state index in [4.69, 9.17) is 5.11 Å². The molecule has 0 aliphatic heterocycles. The zero-order valence-electron chi connectivity index (χ0n) is 22.1. The molecule has 3 aromatic rings. The van der Waals surface area contributed by atoms with Gasteiger partial charge in [-0.05, 0) is 90.3 Å². The van der Waals surface area contributed by atoms with E-state index < -0.39 is 17.6 Å². The van der Waals surface area contributed by atoms with E-state index in [1.165, 1.54) is 29.2 Å². The minimum atomic E-state index is -1.16. The Labute approximate surface area is 227 Å². The van der Waals surface area contributed by atoms with Crippen LogP contribution in [0.25, 0.3) is 17.2 Å². The Morgan fingerprint density at radius 3 is 2.28 bits per heavy atom. The van der Waals surface area contributed by atoms with Crippen LogP contribution in [0.1, 0.15) is 36.8 Å². The van der Waals surface area contributed by atoms with Gasteiger partial charge >= 0.3 is 5.97 Å². The van der Waals surface area contributed by atoms with E-state index >= 15 is 4.39 Å². The molecule has 3 aromatic carbocycles. The van der Waals surface area contributed by atoms with Crippen LogP contribution in [0.5, 0.6) is 0 Å². The number of carboxylic acid groups (broad SMARTS) is 1. The second-order valence-electron chi connectivity index (χ2n) is 10.9. The fraction of sp³-hybridized carbons (Fsp3) is 0.312. The minimum Gasteiger partial charge on any atom is -0.478 e. The molecule has 0 heterocycles. The van der Waals surface area contributed by atoms with E-state index in [1.807, 2.05) is 49.3 Å². The minimum absolute atomic E-state index is 0.0516. The average Bonchev–Trinajstić information content (AvgIpc) is 3.55. The summed E-state index contributed by atoms with van der Waals surface area (Å²) in [6, 6.07) is 16.8. The quantitative estimate of drug-likeness (QED) is 0.327. The first-order valence-corrected chi connectivity index (χ1v) is 13.3. The van der Waals surface area contributed by atoms with Crippen LogP contribution in [0.15, 0.2) is 66.7 Å². The second kappa shape index (κ2) is 11.0. The van der Waals surface area contributed by atoms with Crippen molar-refractivity contribution in [1.29, 1.82) is 0 Å². The van der Waals surface area contributed by atoms with E-state index in [9.17, 15) is 14.0 Å². The highest BCUT2D eigenvalue weighted by Crippen LogP contribution is 2.49. The number of anilines is 2. The van der Waals surface area contributed by atoms with Crippen molar-refractivity contribution in [2.45, 2.75) is 32.2 Å². The second-order valence-corrected chi connectivity index (χ2v) is 10.9. The van der Waals surface area contributed by atoms with E-state index in [0.29, 0.717) is 23.0 Å². The highest BCUT2D eigenvalue weighted by molar-refractivity contribution is 5.96. The Morgan fingerprint density at radius 1 is 0.923 bits per heavy atom. The third kappa shape index (κ3) is 5.87. The lowest BCUT2D eigenvalue weighted by Crippen LogP contribution is -2.38. The number of carboxylic acids is 1. The van der Waals surface area contributed by atoms with Gasteiger partial charge < -0.3 is 14.9 Å². The first kappa shape index (κ1) is 26.6. The Morgan fingerprint density at radius 2 is 1.67 bits per heavy atom. The number of carbonyl (C=O) groups is 2. The predicted octanol–water partition coefficient (Wildman–Crippen LogP) is 6.77. The monoisotopic (exact) mass is 530 g/mol. The lowest BCUT2D eigenvalue weighted by molar-refractivity contribution is -0.131. The van der Waals surface area contributed by atoms with Crippen LogP contribution in [-0.2, 0) is 16.1 Å². The summed E-state index contributed by atoms with van der Waals surface area (Å²) in [5, 5.41) is 8.99. The van der Waals surface area contributed by atoms with Crippen molar-refractivity contribution in [1.82, 2.24) is 0 Å². The van der Waals surface area contributed by atoms with E-state index in [2.05, 4.69) is 0 Å². The first-order valence-electron chi connectivity index (χ1n) is 13.3. The SMILES string of the molecule is CN(C)c1ccc(-c2ccc(CN(C(=O)[C@@H]3C[C@@H]4CC[C@H]3C4)c3cc(F)cc(C=CC(=O)O)c3)c(F)c2)cc1. The Bertz CT molecular complexity index is 1420. The van der Waals surface area contributed by atoms with Gasteiger partial charge in [-0.15, -0.1) is 0 Å². The van der Waals surface area contributed by atoms with Gasteiger partial charge in [0.2, 0.25) is 5.91 Å². The van der Waals surface area contributed by atoms with Gasteiger partial charge in [-0.25, -0.2) is 13.6 Å². The van der Waals surface area contributed by atoms with Crippen molar-refractivity contribution in [3.8, 4) is 11.1 Å². The van der Waals surface area contributed by atoms with E-state index in [1.54, 1.807) is 12.1 Å². The van der Waals surface area contributed by atoms with Gasteiger partial charge in [0.15, 0.2) is 0 Å². The lowest BCUT2D eigenvalue weighted by Gasteiger charge is -2.30. The third-order valence-corrected chi connectivity index (χ3v) is 8.05. The Balaban J connectivity index is 1.47. The molecule has 2 aliphatic rings. The van der Waals surface area contributed by atoms with Crippen molar-refractivity contribution in [2.24, 2.45) is 17.8 Å². The number of halogens is 2. The fourth-order valence-corrected chi connectivity index (χ4v) is 6.04. The van der Waals surface area contributed by atoms with Crippen LogP contribution in [-0.4, -0.2) is 31.1 Å². The van der Waals surface area contributed by atoms with Crippen molar-refractivity contribution in [3.05, 3.63) is 89.5 Å². The molecule has 2 fully saturated rings. The number of hydrogen-bond acceptors (Lipinski definition) is 3. The van der Waals surface area contributed by atoms with Gasteiger partial charge in [0.1, 0.15) is 11.6 Å². The summed E-state index contributed by atoms with van der Waals surface area (Å²) in [6.45, 7) is -0.0516. The first-order chi connectivity index (χ1) is 18.7. The normalized spacial score (nSPS) is 19.9. The summed E-state index contributed by atoms with van der Waals surface area (Å²) in [6.07, 6.45) is 6.15. The molecule has 3 atom stereocenters. The highest BCUT2D eigenvalue weighted by atomic mass is 19.1. The van der Waals surface area contributed by atoms with Gasteiger partial charge in [-0.3, -0.25) is 4.79 Å². The maximum absolute atomic E-state index is 15.5. The number of nitrogens with zero attached hydrogens (tertiary/aromatic N) is 2. The van der Waals surface area contributed by atoms with Gasteiger partial charge in [0.05, 0.1) is 6.54 Å². The summed E-state index contributed by atoms with van der Waals surface area (Å²) >= 11 is 0. The molecule has 39 heavy (non-hydrogen) atoms. The van der Waals surface area contributed by atoms with Crippen LogP contribution >= 0.6 is 0 Å². The topological polar surface area (TPSA) is 60.9 Å². The van der Waals surface area contributed by atoms with Gasteiger partial charge in [-0.2, -0.15) is 0 Å². The molecule has 5 nitrogen and oxygen atoms in total. The average molecular weight is 531 g/mol. The molecule has 0 aromatic heterocycles. The van der Waals surface area contributed by atoms with Crippen LogP contribution in [0.2, 0.25) is 0 Å². The number of rotatable bonds is 8. The number of carbonyl (C=O) groups excluding carboxylic acids is 1. The highest BCUT2D eigenvalue weighted by Gasteiger charge is 2.44. The summed E-state index contributed by atoms with van der Waals surface area (Å²) in [5.41, 5.74) is 3.57. The van der Waals surface area contributed by atoms with E-state index in [-0.39, 0.29) is 24.1 Å². The molecule has 7 heteroatoms. The lowest BCUT2D eigenvalue weighted by atomic mass is 9.87. The summed E-state index contributed by atoms with van der Waals surface area (Å²) in [5.74, 6) is -1.69.